The Labute approximate surface area is 165 Å². The van der Waals surface area contributed by atoms with Crippen molar-refractivity contribution in [3.05, 3.63) is 28.7 Å². The van der Waals surface area contributed by atoms with E-state index in [0.29, 0.717) is 5.13 Å². The molecule has 26 heavy (non-hydrogen) atoms. The Morgan fingerprint density at radius 3 is 2.35 bits per heavy atom. The summed E-state index contributed by atoms with van der Waals surface area (Å²) in [5, 5.41) is 14.9. The zero-order chi connectivity index (χ0) is 19.3. The van der Waals surface area contributed by atoms with Crippen LogP contribution in [-0.2, 0) is 9.59 Å². The van der Waals surface area contributed by atoms with Crippen molar-refractivity contribution in [2.24, 2.45) is 11.8 Å². The SMILES string of the molecule is CCC(C)C(NC(=O)C(C)C)C(=O)Nc1nnc(-c2ccc(Br)cc2)s1. The van der Waals surface area contributed by atoms with E-state index in [4.69, 9.17) is 0 Å². The molecule has 6 nitrogen and oxygen atoms in total. The molecular formula is C18H23BrN4O2S. The minimum absolute atomic E-state index is 0.0107. The second kappa shape index (κ2) is 9.23. The first-order valence-corrected chi connectivity index (χ1v) is 10.1. The minimum Gasteiger partial charge on any atom is -0.344 e. The lowest BCUT2D eigenvalue weighted by molar-refractivity contribution is -0.129. The monoisotopic (exact) mass is 438 g/mol. The Morgan fingerprint density at radius 1 is 1.12 bits per heavy atom. The molecule has 1 aromatic carbocycles. The van der Waals surface area contributed by atoms with Gasteiger partial charge in [-0.05, 0) is 18.1 Å². The van der Waals surface area contributed by atoms with E-state index in [2.05, 4.69) is 36.8 Å². The topological polar surface area (TPSA) is 84.0 Å². The molecule has 140 valence electrons. The van der Waals surface area contributed by atoms with Crippen molar-refractivity contribution in [1.82, 2.24) is 15.5 Å². The lowest BCUT2D eigenvalue weighted by Gasteiger charge is -2.23. The van der Waals surface area contributed by atoms with Crippen LogP contribution in [0.4, 0.5) is 5.13 Å². The molecule has 0 saturated heterocycles. The number of rotatable bonds is 7. The van der Waals surface area contributed by atoms with E-state index in [1.165, 1.54) is 11.3 Å². The molecule has 0 aliphatic heterocycles. The molecule has 0 aliphatic rings. The number of anilines is 1. The van der Waals surface area contributed by atoms with E-state index < -0.39 is 6.04 Å². The standard InChI is InChI=1S/C18H23BrN4O2S/c1-5-11(4)14(20-15(24)10(2)3)16(25)21-18-23-22-17(26-18)12-6-8-13(19)9-7-12/h6-11,14H,5H2,1-4H3,(H,20,24)(H,21,23,25). The number of halogens is 1. The number of benzene rings is 1. The molecule has 0 aliphatic carbocycles. The van der Waals surface area contributed by atoms with E-state index in [9.17, 15) is 9.59 Å². The summed E-state index contributed by atoms with van der Waals surface area (Å²) < 4.78 is 0.983. The number of carbonyl (C=O) groups is 2. The molecule has 2 unspecified atom stereocenters. The quantitative estimate of drug-likeness (QED) is 0.681. The van der Waals surface area contributed by atoms with Crippen LogP contribution in [0.3, 0.4) is 0 Å². The smallest absolute Gasteiger partial charge is 0.249 e. The molecule has 2 amide bonds. The van der Waals surface area contributed by atoms with Crippen molar-refractivity contribution in [3.63, 3.8) is 0 Å². The largest absolute Gasteiger partial charge is 0.344 e. The van der Waals surface area contributed by atoms with Crippen molar-refractivity contribution < 1.29 is 9.59 Å². The molecule has 0 spiro atoms. The Balaban J connectivity index is 2.11. The van der Waals surface area contributed by atoms with Gasteiger partial charge in [-0.2, -0.15) is 0 Å². The van der Waals surface area contributed by atoms with Gasteiger partial charge in [0.1, 0.15) is 11.0 Å². The number of hydrogen-bond donors (Lipinski definition) is 2. The second-order valence-electron chi connectivity index (χ2n) is 6.44. The van der Waals surface area contributed by atoms with Gasteiger partial charge in [0.2, 0.25) is 16.9 Å². The molecule has 2 rings (SSSR count). The first-order chi connectivity index (χ1) is 12.3. The van der Waals surface area contributed by atoms with Gasteiger partial charge >= 0.3 is 0 Å². The number of nitrogens with one attached hydrogen (secondary N) is 2. The van der Waals surface area contributed by atoms with Gasteiger partial charge in [0.15, 0.2) is 0 Å². The van der Waals surface area contributed by atoms with Crippen LogP contribution in [0.5, 0.6) is 0 Å². The molecule has 2 N–H and O–H groups in total. The summed E-state index contributed by atoms with van der Waals surface area (Å²) in [5.74, 6) is -0.582. The lowest BCUT2D eigenvalue weighted by atomic mass is 9.97. The molecule has 1 heterocycles. The van der Waals surface area contributed by atoms with Crippen molar-refractivity contribution in [1.29, 1.82) is 0 Å². The third-order valence-corrected chi connectivity index (χ3v) is 5.48. The van der Waals surface area contributed by atoms with E-state index in [1.807, 2.05) is 38.1 Å². The maximum atomic E-state index is 12.7. The first-order valence-electron chi connectivity index (χ1n) is 8.52. The maximum Gasteiger partial charge on any atom is 0.249 e. The zero-order valence-electron chi connectivity index (χ0n) is 15.2. The Kier molecular flexibility index (Phi) is 7.28. The summed E-state index contributed by atoms with van der Waals surface area (Å²) in [6.45, 7) is 7.54. The molecule has 0 radical (unpaired) electrons. The van der Waals surface area contributed by atoms with Gasteiger partial charge in [0.05, 0.1) is 0 Å². The molecule has 0 saturated carbocycles. The van der Waals surface area contributed by atoms with Gasteiger partial charge in [0, 0.05) is 16.0 Å². The fraction of sp³-hybridized carbons (Fsp3) is 0.444. The molecular weight excluding hydrogens is 416 g/mol. The average Bonchev–Trinajstić information content (AvgIpc) is 3.07. The molecule has 2 atom stereocenters. The summed E-state index contributed by atoms with van der Waals surface area (Å²) >= 11 is 4.70. The van der Waals surface area contributed by atoms with Crippen LogP contribution in [0.1, 0.15) is 34.1 Å². The fourth-order valence-electron chi connectivity index (χ4n) is 2.19. The Morgan fingerprint density at radius 2 is 1.77 bits per heavy atom. The fourth-order valence-corrected chi connectivity index (χ4v) is 3.20. The number of amides is 2. The number of aromatic nitrogens is 2. The normalized spacial score (nSPS) is 13.3. The van der Waals surface area contributed by atoms with E-state index in [0.717, 1.165) is 21.5 Å². The van der Waals surface area contributed by atoms with Gasteiger partial charge in [-0.25, -0.2) is 0 Å². The summed E-state index contributed by atoms with van der Waals surface area (Å²) in [7, 11) is 0. The lowest BCUT2D eigenvalue weighted by Crippen LogP contribution is -2.48. The highest BCUT2D eigenvalue weighted by atomic mass is 79.9. The minimum atomic E-state index is -0.602. The van der Waals surface area contributed by atoms with Gasteiger partial charge in [-0.15, -0.1) is 10.2 Å². The summed E-state index contributed by atoms with van der Waals surface area (Å²) in [6.07, 6.45) is 0.775. The van der Waals surface area contributed by atoms with Crippen LogP contribution in [0.25, 0.3) is 10.6 Å². The predicted molar refractivity (Wildman–Crippen MR) is 108 cm³/mol. The molecule has 0 fully saturated rings. The zero-order valence-corrected chi connectivity index (χ0v) is 17.6. The molecule has 0 bridgehead atoms. The van der Waals surface area contributed by atoms with E-state index in [-0.39, 0.29) is 23.7 Å². The Bertz CT molecular complexity index is 761. The average molecular weight is 439 g/mol. The molecule has 8 heteroatoms. The highest BCUT2D eigenvalue weighted by Crippen LogP contribution is 2.27. The third-order valence-electron chi connectivity index (χ3n) is 4.06. The van der Waals surface area contributed by atoms with Crippen LogP contribution in [-0.4, -0.2) is 28.1 Å². The van der Waals surface area contributed by atoms with E-state index in [1.54, 1.807) is 13.8 Å². The van der Waals surface area contributed by atoms with Crippen molar-refractivity contribution in [2.45, 2.75) is 40.2 Å². The number of hydrogen-bond acceptors (Lipinski definition) is 5. The van der Waals surface area contributed by atoms with Gasteiger partial charge in [0.25, 0.3) is 0 Å². The highest BCUT2D eigenvalue weighted by molar-refractivity contribution is 9.10. The predicted octanol–water partition coefficient (Wildman–Crippen LogP) is 4.09. The summed E-state index contributed by atoms with van der Waals surface area (Å²) in [4.78, 5) is 24.7. The number of carbonyl (C=O) groups excluding carboxylic acids is 2. The first kappa shape index (κ1) is 20.5. The summed E-state index contributed by atoms with van der Waals surface area (Å²) in [5.41, 5.74) is 0.929. The Hall–Kier alpha value is -1.80. The summed E-state index contributed by atoms with van der Waals surface area (Å²) in [6, 6.07) is 7.11. The number of nitrogens with zero attached hydrogens (tertiary/aromatic N) is 2. The van der Waals surface area contributed by atoms with Gasteiger partial charge in [-0.1, -0.05) is 73.5 Å². The third kappa shape index (κ3) is 5.35. The second-order valence-corrected chi connectivity index (χ2v) is 8.33. The van der Waals surface area contributed by atoms with Gasteiger partial charge < -0.3 is 5.32 Å². The van der Waals surface area contributed by atoms with Crippen molar-refractivity contribution in [3.8, 4) is 10.6 Å². The molecule has 2 aromatic rings. The van der Waals surface area contributed by atoms with Crippen LogP contribution < -0.4 is 10.6 Å². The van der Waals surface area contributed by atoms with Crippen LogP contribution >= 0.6 is 27.3 Å². The van der Waals surface area contributed by atoms with Gasteiger partial charge in [-0.3, -0.25) is 14.9 Å². The highest BCUT2D eigenvalue weighted by Gasteiger charge is 2.27. The van der Waals surface area contributed by atoms with Crippen molar-refractivity contribution >= 4 is 44.2 Å². The van der Waals surface area contributed by atoms with Crippen LogP contribution in [0.15, 0.2) is 28.7 Å². The van der Waals surface area contributed by atoms with Crippen LogP contribution in [0, 0.1) is 11.8 Å². The molecule has 1 aromatic heterocycles. The van der Waals surface area contributed by atoms with E-state index >= 15 is 0 Å². The van der Waals surface area contributed by atoms with Crippen molar-refractivity contribution in [2.75, 3.05) is 5.32 Å². The van der Waals surface area contributed by atoms with Crippen LogP contribution in [0.2, 0.25) is 0 Å². The maximum absolute atomic E-state index is 12.7.